The van der Waals surface area contributed by atoms with Crippen molar-refractivity contribution < 1.29 is 20.1 Å². The Morgan fingerprint density at radius 3 is 2.78 bits per heavy atom. The lowest BCUT2D eigenvalue weighted by molar-refractivity contribution is -0.0508. The normalized spacial score (nSPS) is 30.1. The molecule has 122 valence electrons. The summed E-state index contributed by atoms with van der Waals surface area (Å²) in [7, 11) is 1.72. The number of hydrogen-bond acceptors (Lipinski definition) is 9. The van der Waals surface area contributed by atoms with Crippen molar-refractivity contribution in [3.8, 4) is 0 Å². The first kappa shape index (κ1) is 14.3. The highest BCUT2D eigenvalue weighted by Crippen LogP contribution is 2.36. The summed E-state index contributed by atoms with van der Waals surface area (Å²) in [5.74, 6) is 0.884. The number of hydrogen-bond donors (Lipinski definition) is 4. The molecule has 2 aromatic heterocycles. The Balaban J connectivity index is 1.89. The molecule has 4 heterocycles. The molecule has 0 amide bonds. The van der Waals surface area contributed by atoms with E-state index in [2.05, 4.69) is 15.1 Å². The molecule has 0 bridgehead atoms. The van der Waals surface area contributed by atoms with Gasteiger partial charge in [-0.2, -0.15) is 5.10 Å². The SMILES string of the molecule is CN1N=C(N)c2cn(C3O[C@H](CO)[C@@H](O)[C@H]3O)c3ncnc1c23. The molecular formula is C13H16N6O4. The molecule has 5 N–H and O–H groups in total. The Hall–Kier alpha value is -2.27. The molecule has 10 nitrogen and oxygen atoms in total. The molecular weight excluding hydrogens is 304 g/mol. The van der Waals surface area contributed by atoms with E-state index in [0.717, 1.165) is 0 Å². The van der Waals surface area contributed by atoms with Crippen molar-refractivity contribution >= 4 is 22.7 Å². The van der Waals surface area contributed by atoms with Gasteiger partial charge in [-0.3, -0.25) is 0 Å². The predicted octanol–water partition coefficient (Wildman–Crippen LogP) is -1.89. The monoisotopic (exact) mass is 320 g/mol. The van der Waals surface area contributed by atoms with Gasteiger partial charge in [0.15, 0.2) is 17.9 Å². The van der Waals surface area contributed by atoms with Crippen molar-refractivity contribution in [1.29, 1.82) is 0 Å². The highest BCUT2D eigenvalue weighted by atomic mass is 16.6. The van der Waals surface area contributed by atoms with Crippen LogP contribution in [0, 0.1) is 0 Å². The van der Waals surface area contributed by atoms with Crippen LogP contribution in [0.2, 0.25) is 0 Å². The molecule has 1 fully saturated rings. The lowest BCUT2D eigenvalue weighted by atomic mass is 10.1. The maximum absolute atomic E-state index is 10.2. The third-order valence-corrected chi connectivity index (χ3v) is 4.22. The first-order chi connectivity index (χ1) is 11.0. The zero-order chi connectivity index (χ0) is 16.3. The second-order valence-electron chi connectivity index (χ2n) is 5.58. The summed E-state index contributed by atoms with van der Waals surface area (Å²) in [6.45, 7) is -0.395. The molecule has 4 rings (SSSR count). The minimum Gasteiger partial charge on any atom is -0.394 e. The topological polar surface area (TPSA) is 142 Å². The minimum absolute atomic E-state index is 0.297. The van der Waals surface area contributed by atoms with Crippen LogP contribution in [0.5, 0.6) is 0 Å². The van der Waals surface area contributed by atoms with E-state index in [0.29, 0.717) is 28.3 Å². The van der Waals surface area contributed by atoms with Crippen LogP contribution in [0.1, 0.15) is 11.8 Å². The van der Waals surface area contributed by atoms with Crippen LogP contribution in [0.4, 0.5) is 5.82 Å². The zero-order valence-electron chi connectivity index (χ0n) is 12.2. The quantitative estimate of drug-likeness (QED) is 0.503. The number of rotatable bonds is 2. The number of aliphatic hydroxyl groups excluding tert-OH is 3. The van der Waals surface area contributed by atoms with Gasteiger partial charge in [0.2, 0.25) is 0 Å². The molecule has 1 saturated heterocycles. The van der Waals surface area contributed by atoms with Gasteiger partial charge >= 0.3 is 0 Å². The molecule has 2 aromatic rings. The van der Waals surface area contributed by atoms with Crippen LogP contribution in [0.3, 0.4) is 0 Å². The van der Waals surface area contributed by atoms with Crippen molar-refractivity contribution in [2.75, 3.05) is 18.7 Å². The second-order valence-corrected chi connectivity index (χ2v) is 5.58. The lowest BCUT2D eigenvalue weighted by Gasteiger charge is -2.19. The van der Waals surface area contributed by atoms with Gasteiger partial charge in [-0.25, -0.2) is 15.0 Å². The van der Waals surface area contributed by atoms with Crippen LogP contribution in [-0.2, 0) is 4.74 Å². The minimum atomic E-state index is -1.20. The van der Waals surface area contributed by atoms with E-state index in [9.17, 15) is 15.3 Å². The summed E-state index contributed by atoms with van der Waals surface area (Å²) in [6, 6.07) is 0. The molecule has 0 aliphatic carbocycles. The first-order valence-corrected chi connectivity index (χ1v) is 7.09. The van der Waals surface area contributed by atoms with Crippen molar-refractivity contribution in [2.24, 2.45) is 10.8 Å². The number of amidine groups is 1. The summed E-state index contributed by atoms with van der Waals surface area (Å²) < 4.78 is 7.15. The van der Waals surface area contributed by atoms with E-state index in [1.165, 1.54) is 6.33 Å². The molecule has 1 unspecified atom stereocenters. The number of aliphatic hydroxyl groups is 3. The van der Waals surface area contributed by atoms with Crippen molar-refractivity contribution in [2.45, 2.75) is 24.5 Å². The van der Waals surface area contributed by atoms with Crippen LogP contribution in [0.25, 0.3) is 11.0 Å². The van der Waals surface area contributed by atoms with Gasteiger partial charge in [0, 0.05) is 18.8 Å². The molecule has 10 heteroatoms. The van der Waals surface area contributed by atoms with Gasteiger partial charge in [0.1, 0.15) is 30.3 Å². The largest absolute Gasteiger partial charge is 0.394 e. The Kier molecular flexibility index (Phi) is 3.03. The highest BCUT2D eigenvalue weighted by molar-refractivity contribution is 6.13. The van der Waals surface area contributed by atoms with Crippen molar-refractivity contribution in [3.63, 3.8) is 0 Å². The third kappa shape index (κ3) is 1.86. The van der Waals surface area contributed by atoms with Crippen LogP contribution < -0.4 is 10.7 Å². The van der Waals surface area contributed by atoms with Crippen molar-refractivity contribution in [3.05, 3.63) is 18.1 Å². The Labute approximate surface area is 130 Å². The highest BCUT2D eigenvalue weighted by Gasteiger charge is 2.44. The van der Waals surface area contributed by atoms with E-state index in [1.54, 1.807) is 22.8 Å². The fraction of sp³-hybridized carbons (Fsp3) is 0.462. The number of anilines is 1. The number of nitrogens with zero attached hydrogens (tertiary/aromatic N) is 5. The van der Waals surface area contributed by atoms with E-state index in [4.69, 9.17) is 10.5 Å². The molecule has 0 aromatic carbocycles. The summed E-state index contributed by atoms with van der Waals surface area (Å²) >= 11 is 0. The lowest BCUT2D eigenvalue weighted by Crippen LogP contribution is -2.33. The number of hydrazone groups is 1. The predicted molar refractivity (Wildman–Crippen MR) is 79.7 cm³/mol. The molecule has 2 aliphatic heterocycles. The smallest absolute Gasteiger partial charge is 0.164 e. The molecule has 2 aliphatic rings. The van der Waals surface area contributed by atoms with Crippen molar-refractivity contribution in [1.82, 2.24) is 14.5 Å². The second kappa shape index (κ2) is 4.86. The van der Waals surface area contributed by atoms with Gasteiger partial charge in [0.25, 0.3) is 0 Å². The van der Waals surface area contributed by atoms with Gasteiger partial charge in [-0.15, -0.1) is 0 Å². The average Bonchev–Trinajstić information content (AvgIpc) is 3.05. The first-order valence-electron chi connectivity index (χ1n) is 7.09. The van der Waals surface area contributed by atoms with E-state index in [1.807, 2.05) is 0 Å². The number of nitrogens with two attached hydrogens (primary N) is 1. The summed E-state index contributed by atoms with van der Waals surface area (Å²) in [5.41, 5.74) is 7.10. The molecule has 23 heavy (non-hydrogen) atoms. The maximum atomic E-state index is 10.2. The average molecular weight is 320 g/mol. The van der Waals surface area contributed by atoms with Gasteiger partial charge in [-0.1, -0.05) is 0 Å². The standard InChI is InChI=1S/C13H16N6O4/c1-18-11-7-5(10(14)17-18)2-19(12(7)16-4-15-11)13-9(22)8(21)6(3-20)23-13/h2,4,6,8-9,13,20-22H,3H2,1H3,(H2,14,17)/t6-,8-,9-,13?/m1/s1. The molecule has 0 radical (unpaired) electrons. The van der Waals surface area contributed by atoms with E-state index < -0.39 is 31.1 Å². The molecule has 4 atom stereocenters. The maximum Gasteiger partial charge on any atom is 0.164 e. The fourth-order valence-electron chi connectivity index (χ4n) is 3.07. The molecule has 0 saturated carbocycles. The van der Waals surface area contributed by atoms with Crippen LogP contribution in [0.15, 0.2) is 17.6 Å². The van der Waals surface area contributed by atoms with E-state index in [-0.39, 0.29) is 0 Å². The van der Waals surface area contributed by atoms with Crippen LogP contribution in [-0.4, -0.2) is 67.7 Å². The third-order valence-electron chi connectivity index (χ3n) is 4.22. The van der Waals surface area contributed by atoms with Gasteiger partial charge in [0.05, 0.1) is 12.0 Å². The summed E-state index contributed by atoms with van der Waals surface area (Å²) in [4.78, 5) is 8.45. The Morgan fingerprint density at radius 2 is 2.09 bits per heavy atom. The zero-order valence-corrected chi connectivity index (χ0v) is 12.2. The Bertz CT molecular complexity index is 805. The van der Waals surface area contributed by atoms with E-state index >= 15 is 0 Å². The number of aromatic nitrogens is 3. The van der Waals surface area contributed by atoms with Gasteiger partial charge < -0.3 is 30.4 Å². The molecule has 0 spiro atoms. The fourth-order valence-corrected chi connectivity index (χ4v) is 3.07. The number of ether oxygens (including phenoxy) is 1. The van der Waals surface area contributed by atoms with Crippen LogP contribution >= 0.6 is 0 Å². The van der Waals surface area contributed by atoms with Gasteiger partial charge in [-0.05, 0) is 0 Å². The Morgan fingerprint density at radius 1 is 1.30 bits per heavy atom. The summed E-state index contributed by atoms with van der Waals surface area (Å²) in [6.07, 6.45) is -1.10. The summed E-state index contributed by atoms with van der Waals surface area (Å²) in [5, 5.41) is 35.9.